The van der Waals surface area contributed by atoms with Crippen LogP contribution in [0.1, 0.15) is 27.2 Å². The van der Waals surface area contributed by atoms with Gasteiger partial charge in [0.1, 0.15) is 28.7 Å². The Kier molecular flexibility index (Phi) is 6.55. The van der Waals surface area contributed by atoms with Crippen molar-refractivity contribution in [3.05, 3.63) is 60.2 Å². The molecule has 0 aliphatic carbocycles. The first-order chi connectivity index (χ1) is 12.2. The van der Waals surface area contributed by atoms with Gasteiger partial charge in [-0.3, -0.25) is 0 Å². The molecule has 4 nitrogen and oxygen atoms in total. The first kappa shape index (κ1) is 19.7. The molecule has 3 rings (SSSR count). The van der Waals surface area contributed by atoms with Gasteiger partial charge in [0, 0.05) is 13.1 Å². The normalized spacial score (nSPS) is 13.2. The molecule has 1 saturated heterocycles. The molecule has 6 heteroatoms. The lowest BCUT2D eigenvalue weighted by Crippen LogP contribution is -2.44. The number of amides is 1. The predicted molar refractivity (Wildman–Crippen MR) is 95.3 cm³/mol. The van der Waals surface area contributed by atoms with Gasteiger partial charge in [0.15, 0.2) is 0 Å². The Bertz CT molecular complexity index is 662. The summed E-state index contributed by atoms with van der Waals surface area (Å²) in [5, 5.41) is 0. The van der Waals surface area contributed by atoms with E-state index in [1.165, 1.54) is 48.5 Å². The molecule has 1 heterocycles. The van der Waals surface area contributed by atoms with Gasteiger partial charge in [-0.25, -0.2) is 13.6 Å². The number of halogens is 2. The summed E-state index contributed by atoms with van der Waals surface area (Å²) in [5.41, 5.74) is -0.354. The number of rotatable bonds is 2. The molecule has 2 aromatic rings. The predicted octanol–water partition coefficient (Wildman–Crippen LogP) is 5.38. The molecular weight excluding hydrogens is 340 g/mol. The van der Waals surface area contributed by atoms with Crippen LogP contribution in [0.2, 0.25) is 0 Å². The third-order valence-corrected chi connectivity index (χ3v) is 3.37. The molecule has 1 aliphatic heterocycles. The average molecular weight is 363 g/mol. The van der Waals surface area contributed by atoms with Gasteiger partial charge in [0.2, 0.25) is 0 Å². The molecule has 0 N–H and O–H groups in total. The standard InChI is InChI=1S/C12H8F2O.C8H15NO2/c13-9-1-5-11(6-2-9)15-12-7-3-10(14)4-8-12;1-8(2,3)11-7(10)9-5-4-6-9/h1-8H;4-6H2,1-3H3. The monoisotopic (exact) mass is 363 g/mol. The van der Waals surface area contributed by atoms with Gasteiger partial charge in [-0.15, -0.1) is 0 Å². The Labute approximate surface area is 152 Å². The van der Waals surface area contributed by atoms with Crippen molar-refractivity contribution >= 4 is 6.09 Å². The maximum absolute atomic E-state index is 12.6. The molecular formula is C20H23F2NO3. The minimum atomic E-state index is -0.354. The third-order valence-electron chi connectivity index (χ3n) is 3.37. The van der Waals surface area contributed by atoms with Gasteiger partial charge >= 0.3 is 6.09 Å². The number of hydrogen-bond donors (Lipinski definition) is 0. The highest BCUT2D eigenvalue weighted by atomic mass is 19.1. The fourth-order valence-electron chi connectivity index (χ4n) is 1.97. The van der Waals surface area contributed by atoms with E-state index in [9.17, 15) is 13.6 Å². The highest BCUT2D eigenvalue weighted by molar-refractivity contribution is 5.68. The highest BCUT2D eigenvalue weighted by Gasteiger charge is 2.25. The fourth-order valence-corrected chi connectivity index (χ4v) is 1.97. The van der Waals surface area contributed by atoms with Crippen LogP contribution in [0.15, 0.2) is 48.5 Å². The van der Waals surface area contributed by atoms with Crippen LogP contribution in [0.5, 0.6) is 11.5 Å². The summed E-state index contributed by atoms with van der Waals surface area (Å²) in [7, 11) is 0. The van der Waals surface area contributed by atoms with E-state index in [0.717, 1.165) is 19.5 Å². The van der Waals surface area contributed by atoms with E-state index >= 15 is 0 Å². The van der Waals surface area contributed by atoms with Crippen LogP contribution in [0.4, 0.5) is 13.6 Å². The van der Waals surface area contributed by atoms with Crippen LogP contribution < -0.4 is 4.74 Å². The molecule has 0 aromatic heterocycles. The highest BCUT2D eigenvalue weighted by Crippen LogP contribution is 2.21. The second-order valence-corrected chi connectivity index (χ2v) is 6.83. The zero-order chi connectivity index (χ0) is 19.2. The lowest BCUT2D eigenvalue weighted by Gasteiger charge is -2.32. The zero-order valence-corrected chi connectivity index (χ0v) is 15.2. The number of nitrogens with zero attached hydrogens (tertiary/aromatic N) is 1. The van der Waals surface area contributed by atoms with E-state index in [-0.39, 0.29) is 23.3 Å². The number of ether oxygens (including phenoxy) is 2. The van der Waals surface area contributed by atoms with Crippen molar-refractivity contribution in [3.63, 3.8) is 0 Å². The molecule has 2 aromatic carbocycles. The van der Waals surface area contributed by atoms with Crippen molar-refractivity contribution in [2.45, 2.75) is 32.8 Å². The van der Waals surface area contributed by atoms with Gasteiger partial charge in [0.05, 0.1) is 0 Å². The molecule has 26 heavy (non-hydrogen) atoms. The minimum Gasteiger partial charge on any atom is -0.457 e. The minimum absolute atomic E-state index is 0.177. The van der Waals surface area contributed by atoms with Gasteiger partial charge in [0.25, 0.3) is 0 Å². The SMILES string of the molecule is CC(C)(C)OC(=O)N1CCC1.Fc1ccc(Oc2ccc(F)cc2)cc1. The molecule has 1 fully saturated rings. The second-order valence-electron chi connectivity index (χ2n) is 6.83. The Morgan fingerprint density at radius 3 is 1.62 bits per heavy atom. The van der Waals surface area contributed by atoms with E-state index in [4.69, 9.17) is 9.47 Å². The molecule has 0 saturated carbocycles. The van der Waals surface area contributed by atoms with Crippen molar-refractivity contribution in [2.75, 3.05) is 13.1 Å². The third kappa shape index (κ3) is 6.70. The largest absolute Gasteiger partial charge is 0.457 e. The van der Waals surface area contributed by atoms with E-state index in [0.29, 0.717) is 11.5 Å². The summed E-state index contributed by atoms with van der Waals surface area (Å²) in [4.78, 5) is 12.9. The molecule has 0 radical (unpaired) electrons. The summed E-state index contributed by atoms with van der Waals surface area (Å²) in [6, 6.07) is 11.3. The summed E-state index contributed by atoms with van der Waals surface area (Å²) >= 11 is 0. The lowest BCUT2D eigenvalue weighted by atomic mass is 10.2. The molecule has 0 unspecified atom stereocenters. The summed E-state index contributed by atoms with van der Waals surface area (Å²) < 4.78 is 35.6. The molecule has 0 bridgehead atoms. The summed E-state index contributed by atoms with van der Waals surface area (Å²) in [6.07, 6.45) is 0.933. The molecule has 1 aliphatic rings. The zero-order valence-electron chi connectivity index (χ0n) is 15.2. The summed E-state index contributed by atoms with van der Waals surface area (Å²) in [6.45, 7) is 7.35. The first-order valence-electron chi connectivity index (χ1n) is 8.40. The van der Waals surface area contributed by atoms with Crippen molar-refractivity contribution in [3.8, 4) is 11.5 Å². The second kappa shape index (κ2) is 8.65. The quantitative estimate of drug-likeness (QED) is 0.719. The Hall–Kier alpha value is -2.63. The Balaban J connectivity index is 0.000000197. The molecule has 140 valence electrons. The van der Waals surface area contributed by atoms with Gasteiger partial charge in [-0.2, -0.15) is 0 Å². The van der Waals surface area contributed by atoms with Crippen molar-refractivity contribution in [1.82, 2.24) is 4.90 Å². The fraction of sp³-hybridized carbons (Fsp3) is 0.350. The van der Waals surface area contributed by atoms with Gasteiger partial charge < -0.3 is 14.4 Å². The smallest absolute Gasteiger partial charge is 0.410 e. The number of carbonyl (C=O) groups is 1. The number of carbonyl (C=O) groups excluding carboxylic acids is 1. The Morgan fingerprint density at radius 1 is 0.885 bits per heavy atom. The van der Waals surface area contributed by atoms with Crippen LogP contribution in [0, 0.1) is 11.6 Å². The average Bonchev–Trinajstić information content (AvgIpc) is 2.49. The van der Waals surface area contributed by atoms with E-state index in [1.807, 2.05) is 20.8 Å². The number of likely N-dealkylation sites (tertiary alicyclic amines) is 1. The topological polar surface area (TPSA) is 38.8 Å². The van der Waals surface area contributed by atoms with Crippen molar-refractivity contribution in [1.29, 1.82) is 0 Å². The van der Waals surface area contributed by atoms with Crippen molar-refractivity contribution in [2.24, 2.45) is 0 Å². The molecule has 1 amide bonds. The maximum atomic E-state index is 12.6. The summed E-state index contributed by atoms with van der Waals surface area (Å²) in [5.74, 6) is 0.397. The maximum Gasteiger partial charge on any atom is 0.410 e. The van der Waals surface area contributed by atoms with E-state index in [1.54, 1.807) is 4.90 Å². The van der Waals surface area contributed by atoms with Gasteiger partial charge in [-0.1, -0.05) is 0 Å². The van der Waals surface area contributed by atoms with E-state index < -0.39 is 0 Å². The molecule has 0 atom stereocenters. The Morgan fingerprint density at radius 2 is 1.31 bits per heavy atom. The van der Waals surface area contributed by atoms with Crippen LogP contribution in [0.25, 0.3) is 0 Å². The first-order valence-corrected chi connectivity index (χ1v) is 8.40. The van der Waals surface area contributed by atoms with Crippen LogP contribution in [0.3, 0.4) is 0 Å². The van der Waals surface area contributed by atoms with E-state index in [2.05, 4.69) is 0 Å². The van der Waals surface area contributed by atoms with Crippen LogP contribution in [-0.4, -0.2) is 29.7 Å². The van der Waals surface area contributed by atoms with Gasteiger partial charge in [-0.05, 0) is 75.7 Å². The molecule has 0 spiro atoms. The van der Waals surface area contributed by atoms with Crippen LogP contribution >= 0.6 is 0 Å². The lowest BCUT2D eigenvalue weighted by molar-refractivity contribution is 0.0131. The number of hydrogen-bond acceptors (Lipinski definition) is 3. The van der Waals surface area contributed by atoms with Crippen LogP contribution in [-0.2, 0) is 4.74 Å². The van der Waals surface area contributed by atoms with Crippen molar-refractivity contribution < 1.29 is 23.0 Å². The number of benzene rings is 2.